The number of allylic oxidation sites excluding steroid dienone is 2. The van der Waals surface area contributed by atoms with Crippen molar-refractivity contribution in [3.8, 4) is 0 Å². The largest absolute Gasteiger partial charge is 0.370 e. The monoisotopic (exact) mass is 773 g/mol. The van der Waals surface area contributed by atoms with Crippen LogP contribution in [0.1, 0.15) is 183 Å². The zero-order valence-electron chi connectivity index (χ0n) is 40.1. The summed E-state index contributed by atoms with van der Waals surface area (Å²) in [6.45, 7) is 46.2. The van der Waals surface area contributed by atoms with Crippen LogP contribution in [-0.2, 0) is 10.8 Å². The molecule has 2 aromatic rings. The van der Waals surface area contributed by atoms with Gasteiger partial charge in [-0.15, -0.1) is 0 Å². The van der Waals surface area contributed by atoms with Gasteiger partial charge in [-0.3, -0.25) is 4.90 Å². The SMILES string of the molecule is CC.CCC12C(C)C(C)CN3CCC4(c5cc(C6(C)CC7(C)CC(CCC8=C6C(C)c6ccccc68)C(C)C(C)(C)C7(C)C)c(C)cc5N(C)C4C(C)(C)C1C)C32. The minimum atomic E-state index is -0.0796. The first-order valence-electron chi connectivity index (χ1n) is 24.0. The zero-order chi connectivity index (χ0) is 41.8. The molecule has 4 aliphatic carbocycles. The van der Waals surface area contributed by atoms with Gasteiger partial charge < -0.3 is 4.90 Å². The van der Waals surface area contributed by atoms with Gasteiger partial charge in [-0.2, -0.15) is 0 Å². The number of benzene rings is 2. The highest BCUT2D eigenvalue weighted by atomic mass is 15.3. The maximum Gasteiger partial charge on any atom is 0.0453 e. The third-order valence-electron chi connectivity index (χ3n) is 21.6. The molecule has 12 unspecified atom stereocenters. The Labute approximate surface area is 351 Å². The molecule has 9 rings (SSSR count). The summed E-state index contributed by atoms with van der Waals surface area (Å²) in [6.07, 6.45) is 7.66. The Morgan fingerprint density at radius 2 is 1.49 bits per heavy atom. The molecule has 0 aromatic heterocycles. The smallest absolute Gasteiger partial charge is 0.0453 e. The highest BCUT2D eigenvalue weighted by Gasteiger charge is 2.76. The van der Waals surface area contributed by atoms with Crippen LogP contribution in [0.4, 0.5) is 5.69 Å². The third kappa shape index (κ3) is 4.81. The quantitative estimate of drug-likeness (QED) is 0.300. The molecule has 4 fully saturated rings. The Balaban J connectivity index is 0.00000224. The summed E-state index contributed by atoms with van der Waals surface area (Å²) in [5.41, 5.74) is 14.2. The van der Waals surface area contributed by atoms with E-state index < -0.39 is 0 Å². The topological polar surface area (TPSA) is 6.48 Å². The number of nitrogens with zero attached hydrogens (tertiary/aromatic N) is 2. The first kappa shape index (κ1) is 41.7. The predicted molar refractivity (Wildman–Crippen MR) is 246 cm³/mol. The summed E-state index contributed by atoms with van der Waals surface area (Å²) >= 11 is 0. The van der Waals surface area contributed by atoms with Crippen LogP contribution < -0.4 is 4.90 Å². The molecule has 3 aliphatic heterocycles. The zero-order valence-corrected chi connectivity index (χ0v) is 40.1. The molecule has 57 heavy (non-hydrogen) atoms. The van der Waals surface area contributed by atoms with E-state index in [1.54, 1.807) is 39.1 Å². The van der Waals surface area contributed by atoms with Gasteiger partial charge in [0.1, 0.15) is 0 Å². The van der Waals surface area contributed by atoms with Crippen molar-refractivity contribution in [1.82, 2.24) is 4.90 Å². The number of hydrogen-bond acceptors (Lipinski definition) is 2. The van der Waals surface area contributed by atoms with Crippen LogP contribution in [0.5, 0.6) is 0 Å². The number of anilines is 1. The van der Waals surface area contributed by atoms with E-state index in [0.29, 0.717) is 41.2 Å². The number of aryl methyl sites for hydroxylation is 1. The molecule has 2 saturated heterocycles. The molecule has 2 aromatic carbocycles. The van der Waals surface area contributed by atoms with Crippen molar-refractivity contribution in [3.05, 3.63) is 69.8 Å². The van der Waals surface area contributed by atoms with Crippen LogP contribution in [0, 0.1) is 63.6 Å². The van der Waals surface area contributed by atoms with Gasteiger partial charge in [0.25, 0.3) is 0 Å². The van der Waals surface area contributed by atoms with Crippen LogP contribution in [0.15, 0.2) is 42.0 Å². The third-order valence-corrected chi connectivity index (χ3v) is 21.6. The molecule has 2 bridgehead atoms. The summed E-state index contributed by atoms with van der Waals surface area (Å²) < 4.78 is 0. The Kier molecular flexibility index (Phi) is 9.48. The first-order valence-corrected chi connectivity index (χ1v) is 24.0. The molecular weight excluding hydrogens is 689 g/mol. The molecule has 12 atom stereocenters. The lowest BCUT2D eigenvalue weighted by molar-refractivity contribution is -0.171. The van der Waals surface area contributed by atoms with Crippen molar-refractivity contribution in [3.63, 3.8) is 0 Å². The number of rotatable bonds is 2. The van der Waals surface area contributed by atoms with E-state index in [1.807, 2.05) is 13.8 Å². The van der Waals surface area contributed by atoms with Crippen molar-refractivity contribution in [2.24, 2.45) is 56.7 Å². The fourth-order valence-corrected chi connectivity index (χ4v) is 17.8. The molecule has 2 heteroatoms. The van der Waals surface area contributed by atoms with Crippen LogP contribution in [-0.4, -0.2) is 37.1 Å². The maximum atomic E-state index is 3.04. The second kappa shape index (κ2) is 13.0. The van der Waals surface area contributed by atoms with Crippen LogP contribution in [0.3, 0.4) is 0 Å². The number of piperidine rings is 1. The molecule has 0 N–H and O–H groups in total. The van der Waals surface area contributed by atoms with E-state index in [-0.39, 0.29) is 32.5 Å². The summed E-state index contributed by atoms with van der Waals surface area (Å²) in [6, 6.07) is 16.3. The molecule has 2 nitrogen and oxygen atoms in total. The van der Waals surface area contributed by atoms with Crippen molar-refractivity contribution < 1.29 is 0 Å². The fraction of sp³-hybridized carbons (Fsp3) is 0.745. The Morgan fingerprint density at radius 3 is 2.16 bits per heavy atom. The van der Waals surface area contributed by atoms with Crippen molar-refractivity contribution in [2.45, 2.75) is 185 Å². The van der Waals surface area contributed by atoms with Gasteiger partial charge in [-0.25, -0.2) is 0 Å². The van der Waals surface area contributed by atoms with Crippen molar-refractivity contribution >= 4 is 11.3 Å². The van der Waals surface area contributed by atoms with E-state index >= 15 is 0 Å². The molecule has 0 amide bonds. The molecular formula is C55H84N2. The molecule has 0 radical (unpaired) electrons. The van der Waals surface area contributed by atoms with Gasteiger partial charge >= 0.3 is 0 Å². The lowest BCUT2D eigenvalue weighted by Gasteiger charge is -2.70. The molecule has 3 heterocycles. The molecule has 7 aliphatic rings. The minimum Gasteiger partial charge on any atom is -0.370 e. The highest BCUT2D eigenvalue weighted by Crippen LogP contribution is 2.74. The van der Waals surface area contributed by atoms with Gasteiger partial charge in [-0.05, 0) is 154 Å². The van der Waals surface area contributed by atoms with E-state index in [4.69, 9.17) is 0 Å². The average Bonchev–Trinajstić information content (AvgIpc) is 3.77. The van der Waals surface area contributed by atoms with E-state index in [0.717, 1.165) is 11.8 Å². The van der Waals surface area contributed by atoms with Gasteiger partial charge in [0.05, 0.1) is 0 Å². The summed E-state index contributed by atoms with van der Waals surface area (Å²) in [5, 5.41) is 0. The van der Waals surface area contributed by atoms with Crippen molar-refractivity contribution in [2.75, 3.05) is 25.0 Å². The normalized spacial score (nSPS) is 43.4. The Hall–Kier alpha value is -2.06. The van der Waals surface area contributed by atoms with Crippen LogP contribution >= 0.6 is 0 Å². The molecule has 314 valence electrons. The van der Waals surface area contributed by atoms with E-state index in [1.165, 1.54) is 57.2 Å². The second-order valence-corrected chi connectivity index (χ2v) is 23.6. The number of fused-ring (bicyclic) bond motifs is 5. The highest BCUT2D eigenvalue weighted by molar-refractivity contribution is 5.81. The number of likely N-dealkylation sites (N-methyl/N-ethyl adjacent to an activating group) is 1. The number of hydrogen-bond donors (Lipinski definition) is 0. The Bertz CT molecular complexity index is 1960. The minimum absolute atomic E-state index is 0.0796. The Morgan fingerprint density at radius 1 is 0.825 bits per heavy atom. The lowest BCUT2D eigenvalue weighted by Crippen LogP contribution is -2.75. The van der Waals surface area contributed by atoms with Crippen LogP contribution in [0.2, 0.25) is 0 Å². The van der Waals surface area contributed by atoms with E-state index in [9.17, 15) is 0 Å². The van der Waals surface area contributed by atoms with Gasteiger partial charge in [-0.1, -0.05) is 141 Å². The summed E-state index contributed by atoms with van der Waals surface area (Å²) in [7, 11) is 2.50. The van der Waals surface area contributed by atoms with Crippen molar-refractivity contribution in [1.29, 1.82) is 0 Å². The maximum absolute atomic E-state index is 3.04. The fourth-order valence-electron chi connectivity index (χ4n) is 17.8. The van der Waals surface area contributed by atoms with Gasteiger partial charge in [0.15, 0.2) is 0 Å². The molecule has 2 saturated carbocycles. The van der Waals surface area contributed by atoms with E-state index in [2.05, 4.69) is 157 Å². The first-order chi connectivity index (χ1) is 26.6. The van der Waals surface area contributed by atoms with Gasteiger partial charge in [0.2, 0.25) is 0 Å². The van der Waals surface area contributed by atoms with Gasteiger partial charge in [0, 0.05) is 48.1 Å². The van der Waals surface area contributed by atoms with Crippen LogP contribution in [0.25, 0.3) is 5.57 Å². The summed E-state index contributed by atoms with van der Waals surface area (Å²) in [5.74, 6) is 3.97. The average molecular weight is 773 g/mol. The lowest BCUT2D eigenvalue weighted by atomic mass is 9.39. The second-order valence-electron chi connectivity index (χ2n) is 23.6. The predicted octanol–water partition coefficient (Wildman–Crippen LogP) is 14.2. The summed E-state index contributed by atoms with van der Waals surface area (Å²) in [4.78, 5) is 5.88. The standard InChI is InChI=1S/C53H78N2.C2H6/c1-17-52-34(5)32(3)29-55-25-24-53(46(52)55)42-27-41(31(2)26-43(42)54(16)45(53)47(8,9)36(52)7)51(15)30-50(14)28-37(35(6)48(10,11)49(50,12)13)22-23-40-39-21-19-18-20-38(39)33(4)44(40)51;1-2/h18-21,26-27,32-37,45-46H,17,22-25,28-30H2,1-16H3;1-2H3. The molecule has 1 spiro atoms.